The van der Waals surface area contributed by atoms with Crippen molar-refractivity contribution in [1.29, 1.82) is 0 Å². The molecule has 0 unspecified atom stereocenters. The van der Waals surface area contributed by atoms with Crippen molar-refractivity contribution >= 4 is 0 Å². The zero-order valence-corrected chi connectivity index (χ0v) is 12.7. The van der Waals surface area contributed by atoms with Crippen LogP contribution in [0.4, 0.5) is 0 Å². The zero-order valence-electron chi connectivity index (χ0n) is 12.7. The molecule has 1 rings (SSSR count). The molecule has 0 aliphatic carbocycles. The highest BCUT2D eigenvalue weighted by atomic mass is 16.5. The van der Waals surface area contributed by atoms with Crippen molar-refractivity contribution in [3.63, 3.8) is 0 Å². The number of hydrogen-bond donors (Lipinski definition) is 1. The third-order valence-electron chi connectivity index (χ3n) is 2.91. The summed E-state index contributed by atoms with van der Waals surface area (Å²) in [5.41, 5.74) is 2.14. The quantitative estimate of drug-likeness (QED) is 0.697. The average molecular weight is 265 g/mol. The maximum absolute atomic E-state index is 5.54. The number of nitrogens with one attached hydrogen (secondary N) is 1. The van der Waals surface area contributed by atoms with Gasteiger partial charge >= 0.3 is 6.01 Å². The Labute approximate surface area is 117 Å². The molecule has 0 radical (unpaired) electrons. The van der Waals surface area contributed by atoms with E-state index in [1.807, 2.05) is 13.1 Å². The van der Waals surface area contributed by atoms with Crippen LogP contribution in [0, 0.1) is 12.8 Å². The Morgan fingerprint density at radius 2 is 2.11 bits per heavy atom. The van der Waals surface area contributed by atoms with Crippen LogP contribution < -0.4 is 10.1 Å². The molecular weight excluding hydrogens is 238 g/mol. The lowest BCUT2D eigenvalue weighted by Crippen LogP contribution is -2.20. The van der Waals surface area contributed by atoms with E-state index in [9.17, 15) is 0 Å². The summed E-state index contributed by atoms with van der Waals surface area (Å²) in [6.45, 7) is 11.1. The van der Waals surface area contributed by atoms with Crippen LogP contribution >= 0.6 is 0 Å². The molecule has 0 saturated carbocycles. The van der Waals surface area contributed by atoms with Gasteiger partial charge < -0.3 is 10.1 Å². The number of nitrogens with zero attached hydrogens (tertiary/aromatic N) is 2. The number of hydrogen-bond acceptors (Lipinski definition) is 4. The maximum Gasteiger partial charge on any atom is 0.316 e. The molecule has 0 saturated heterocycles. The van der Waals surface area contributed by atoms with Gasteiger partial charge in [0.05, 0.1) is 6.61 Å². The SMILES string of the molecule is CCCCCOc1ncc(CNCC(C)C)c(C)n1. The highest BCUT2D eigenvalue weighted by molar-refractivity contribution is 5.17. The molecule has 0 bridgehead atoms. The Kier molecular flexibility index (Phi) is 7.41. The monoisotopic (exact) mass is 265 g/mol. The molecule has 19 heavy (non-hydrogen) atoms. The van der Waals surface area contributed by atoms with Crippen LogP contribution in [0.25, 0.3) is 0 Å². The predicted molar refractivity (Wildman–Crippen MR) is 78.3 cm³/mol. The lowest BCUT2D eigenvalue weighted by Gasteiger charge is -2.10. The Balaban J connectivity index is 2.40. The minimum Gasteiger partial charge on any atom is -0.463 e. The van der Waals surface area contributed by atoms with Gasteiger partial charge in [-0.25, -0.2) is 9.97 Å². The molecule has 0 atom stereocenters. The Bertz CT molecular complexity index is 366. The first kappa shape index (κ1) is 15.9. The van der Waals surface area contributed by atoms with Gasteiger partial charge in [0.25, 0.3) is 0 Å². The fraction of sp³-hybridized carbons (Fsp3) is 0.733. The van der Waals surface area contributed by atoms with Crippen LogP contribution in [-0.2, 0) is 6.54 Å². The standard InChI is InChI=1S/C15H27N3O/c1-5-6-7-8-19-15-17-11-14(13(4)18-15)10-16-9-12(2)3/h11-12,16H,5-10H2,1-4H3. The van der Waals surface area contributed by atoms with Crippen molar-refractivity contribution < 1.29 is 4.74 Å². The Morgan fingerprint density at radius 3 is 2.74 bits per heavy atom. The molecular formula is C15H27N3O. The second-order valence-electron chi connectivity index (χ2n) is 5.34. The summed E-state index contributed by atoms with van der Waals surface area (Å²) >= 11 is 0. The van der Waals surface area contributed by atoms with Gasteiger partial charge in [0.1, 0.15) is 0 Å². The van der Waals surface area contributed by atoms with E-state index >= 15 is 0 Å². The van der Waals surface area contributed by atoms with Gasteiger partial charge in [0, 0.05) is 24.0 Å². The first-order chi connectivity index (χ1) is 9.13. The van der Waals surface area contributed by atoms with Gasteiger partial charge in [-0.05, 0) is 25.8 Å². The first-order valence-electron chi connectivity index (χ1n) is 7.29. The first-order valence-corrected chi connectivity index (χ1v) is 7.29. The van der Waals surface area contributed by atoms with E-state index in [0.717, 1.165) is 30.8 Å². The van der Waals surface area contributed by atoms with Crippen molar-refractivity contribution in [3.8, 4) is 6.01 Å². The van der Waals surface area contributed by atoms with Crippen LogP contribution in [0.3, 0.4) is 0 Å². The molecule has 0 amide bonds. The van der Waals surface area contributed by atoms with E-state index in [-0.39, 0.29) is 0 Å². The summed E-state index contributed by atoms with van der Waals surface area (Å²) in [6, 6.07) is 0.501. The summed E-state index contributed by atoms with van der Waals surface area (Å²) < 4.78 is 5.54. The van der Waals surface area contributed by atoms with Gasteiger partial charge in [-0.3, -0.25) is 0 Å². The third-order valence-corrected chi connectivity index (χ3v) is 2.91. The van der Waals surface area contributed by atoms with E-state index < -0.39 is 0 Å². The third kappa shape index (κ3) is 6.53. The fourth-order valence-corrected chi connectivity index (χ4v) is 1.72. The molecule has 0 aliphatic heterocycles. The second kappa shape index (κ2) is 8.86. The molecule has 108 valence electrons. The fourth-order valence-electron chi connectivity index (χ4n) is 1.72. The van der Waals surface area contributed by atoms with Crippen LogP contribution in [0.15, 0.2) is 6.20 Å². The summed E-state index contributed by atoms with van der Waals surface area (Å²) in [7, 11) is 0. The van der Waals surface area contributed by atoms with Crippen molar-refractivity contribution in [1.82, 2.24) is 15.3 Å². The molecule has 1 aromatic rings. The summed E-state index contributed by atoms with van der Waals surface area (Å²) in [5.74, 6) is 0.655. The normalized spacial score (nSPS) is 11.0. The highest BCUT2D eigenvalue weighted by Crippen LogP contribution is 2.09. The van der Waals surface area contributed by atoms with Crippen molar-refractivity contribution in [2.24, 2.45) is 5.92 Å². The highest BCUT2D eigenvalue weighted by Gasteiger charge is 2.04. The molecule has 0 spiro atoms. The van der Waals surface area contributed by atoms with Crippen LogP contribution in [-0.4, -0.2) is 23.1 Å². The largest absolute Gasteiger partial charge is 0.463 e. The average Bonchev–Trinajstić information content (AvgIpc) is 2.37. The van der Waals surface area contributed by atoms with Gasteiger partial charge in [0.2, 0.25) is 0 Å². The number of aromatic nitrogens is 2. The molecule has 1 N–H and O–H groups in total. The minimum atomic E-state index is 0.501. The lowest BCUT2D eigenvalue weighted by molar-refractivity contribution is 0.281. The molecule has 0 aliphatic rings. The van der Waals surface area contributed by atoms with Crippen LogP contribution in [0.1, 0.15) is 51.3 Å². The van der Waals surface area contributed by atoms with E-state index in [0.29, 0.717) is 18.5 Å². The predicted octanol–water partition coefficient (Wildman–Crippen LogP) is 3.10. The van der Waals surface area contributed by atoms with Gasteiger partial charge in [0.15, 0.2) is 0 Å². The lowest BCUT2D eigenvalue weighted by atomic mass is 10.2. The number of aryl methyl sites for hydroxylation is 1. The minimum absolute atomic E-state index is 0.501. The van der Waals surface area contributed by atoms with Gasteiger partial charge in [-0.2, -0.15) is 0 Å². The van der Waals surface area contributed by atoms with Crippen LogP contribution in [0.2, 0.25) is 0 Å². The Morgan fingerprint density at radius 1 is 1.32 bits per heavy atom. The molecule has 0 fully saturated rings. The molecule has 1 aromatic heterocycles. The molecule has 4 nitrogen and oxygen atoms in total. The molecule has 1 heterocycles. The second-order valence-corrected chi connectivity index (χ2v) is 5.34. The molecule has 4 heteroatoms. The van der Waals surface area contributed by atoms with Crippen molar-refractivity contribution in [2.75, 3.05) is 13.2 Å². The Hall–Kier alpha value is -1.16. The number of ether oxygens (including phenoxy) is 1. The van der Waals surface area contributed by atoms with E-state index in [1.54, 1.807) is 0 Å². The van der Waals surface area contributed by atoms with Gasteiger partial charge in [-0.1, -0.05) is 33.6 Å². The van der Waals surface area contributed by atoms with E-state index in [2.05, 4.69) is 36.1 Å². The van der Waals surface area contributed by atoms with Crippen LogP contribution in [0.5, 0.6) is 6.01 Å². The summed E-state index contributed by atoms with van der Waals surface area (Å²) in [6.07, 6.45) is 5.32. The van der Waals surface area contributed by atoms with Gasteiger partial charge in [-0.15, -0.1) is 0 Å². The number of unbranched alkanes of at least 4 members (excludes halogenated alkanes) is 2. The van der Waals surface area contributed by atoms with Crippen molar-refractivity contribution in [2.45, 2.75) is 53.5 Å². The number of rotatable bonds is 9. The zero-order chi connectivity index (χ0) is 14.1. The van der Waals surface area contributed by atoms with E-state index in [4.69, 9.17) is 4.74 Å². The maximum atomic E-state index is 5.54. The molecule has 0 aromatic carbocycles. The smallest absolute Gasteiger partial charge is 0.316 e. The van der Waals surface area contributed by atoms with E-state index in [1.165, 1.54) is 12.8 Å². The summed E-state index contributed by atoms with van der Waals surface area (Å²) in [4.78, 5) is 8.66. The summed E-state index contributed by atoms with van der Waals surface area (Å²) in [5, 5.41) is 3.40. The van der Waals surface area contributed by atoms with Crippen molar-refractivity contribution in [3.05, 3.63) is 17.5 Å². The topological polar surface area (TPSA) is 47.0 Å².